The molecule has 0 aliphatic heterocycles. The van der Waals surface area contributed by atoms with Crippen LogP contribution in [0.1, 0.15) is 19.0 Å². The van der Waals surface area contributed by atoms with Crippen LogP contribution in [0, 0.1) is 0 Å². The number of aromatic amines is 1. The van der Waals surface area contributed by atoms with Crippen molar-refractivity contribution in [3.8, 4) is 11.3 Å². The Morgan fingerprint density at radius 1 is 1.28 bits per heavy atom. The number of benzene rings is 1. The number of halogens is 2. The van der Waals surface area contributed by atoms with E-state index in [0.29, 0.717) is 10.0 Å². The van der Waals surface area contributed by atoms with E-state index in [-0.39, 0.29) is 0 Å². The topological polar surface area (TPSA) is 40.7 Å². The summed E-state index contributed by atoms with van der Waals surface area (Å²) in [6.07, 6.45) is 1.11. The number of H-pyrrole nitrogens is 1. The Kier molecular flexibility index (Phi) is 4.64. The number of nitrogens with zero attached hydrogens (tertiary/aromatic N) is 1. The van der Waals surface area contributed by atoms with Gasteiger partial charge < -0.3 is 5.32 Å². The van der Waals surface area contributed by atoms with Gasteiger partial charge in [0.25, 0.3) is 0 Å². The smallest absolute Gasteiger partial charge is 0.0939 e. The molecule has 0 bridgehead atoms. The van der Waals surface area contributed by atoms with E-state index in [1.807, 2.05) is 12.1 Å². The van der Waals surface area contributed by atoms with Crippen molar-refractivity contribution >= 4 is 23.2 Å². The minimum absolute atomic E-state index is 0.652. The first-order valence-corrected chi connectivity index (χ1v) is 6.66. The van der Waals surface area contributed by atoms with Crippen molar-refractivity contribution in [2.24, 2.45) is 0 Å². The summed E-state index contributed by atoms with van der Waals surface area (Å²) in [5, 5.41) is 11.9. The van der Waals surface area contributed by atoms with Gasteiger partial charge in [0.15, 0.2) is 0 Å². The Hall–Kier alpha value is -1.03. The van der Waals surface area contributed by atoms with Crippen LogP contribution in [-0.4, -0.2) is 16.7 Å². The third-order valence-corrected chi connectivity index (χ3v) is 3.14. The van der Waals surface area contributed by atoms with Crippen LogP contribution in [0.15, 0.2) is 24.3 Å². The summed E-state index contributed by atoms with van der Waals surface area (Å²) in [6, 6.07) is 7.36. The zero-order valence-corrected chi connectivity index (χ0v) is 11.6. The maximum Gasteiger partial charge on any atom is 0.0939 e. The molecule has 1 aromatic carbocycles. The van der Waals surface area contributed by atoms with Gasteiger partial charge in [0.1, 0.15) is 0 Å². The molecule has 0 saturated carbocycles. The van der Waals surface area contributed by atoms with Crippen LogP contribution in [0.25, 0.3) is 11.3 Å². The molecule has 18 heavy (non-hydrogen) atoms. The molecule has 0 aliphatic carbocycles. The second-order valence-corrected chi connectivity index (χ2v) is 4.92. The molecule has 2 rings (SSSR count). The van der Waals surface area contributed by atoms with E-state index in [2.05, 4.69) is 22.4 Å². The number of rotatable bonds is 5. The predicted molar refractivity (Wildman–Crippen MR) is 76.0 cm³/mol. The lowest BCUT2D eigenvalue weighted by Gasteiger charge is -2.00. The summed E-state index contributed by atoms with van der Waals surface area (Å²) < 4.78 is 0. The van der Waals surface area contributed by atoms with Gasteiger partial charge in [-0.1, -0.05) is 30.1 Å². The largest absolute Gasteiger partial charge is 0.311 e. The van der Waals surface area contributed by atoms with Crippen molar-refractivity contribution in [3.63, 3.8) is 0 Å². The average molecular weight is 284 g/mol. The maximum atomic E-state index is 6.14. The average Bonchev–Trinajstić information content (AvgIpc) is 2.81. The van der Waals surface area contributed by atoms with Gasteiger partial charge in [0.2, 0.25) is 0 Å². The van der Waals surface area contributed by atoms with Gasteiger partial charge in [-0.2, -0.15) is 5.10 Å². The number of hydrogen-bond donors (Lipinski definition) is 2. The lowest BCUT2D eigenvalue weighted by atomic mass is 10.1. The van der Waals surface area contributed by atoms with Crippen LogP contribution in [-0.2, 0) is 6.54 Å². The van der Waals surface area contributed by atoms with Crippen LogP contribution >= 0.6 is 23.2 Å². The van der Waals surface area contributed by atoms with Gasteiger partial charge in [-0.15, -0.1) is 0 Å². The molecule has 0 unspecified atom stereocenters. The van der Waals surface area contributed by atoms with E-state index in [0.717, 1.165) is 36.5 Å². The molecule has 0 atom stereocenters. The first kappa shape index (κ1) is 13.4. The molecule has 2 aromatic rings. The van der Waals surface area contributed by atoms with Crippen molar-refractivity contribution in [2.75, 3.05) is 6.54 Å². The van der Waals surface area contributed by atoms with Crippen molar-refractivity contribution in [1.29, 1.82) is 0 Å². The molecule has 0 amide bonds. The third-order valence-electron chi connectivity index (χ3n) is 2.58. The van der Waals surface area contributed by atoms with Crippen LogP contribution in [0.2, 0.25) is 10.0 Å². The molecule has 3 nitrogen and oxygen atoms in total. The SMILES string of the molecule is CCCNCc1cc(-c2cc(Cl)ccc2Cl)n[nH]1. The molecule has 5 heteroatoms. The van der Waals surface area contributed by atoms with Crippen molar-refractivity contribution in [3.05, 3.63) is 40.0 Å². The zero-order chi connectivity index (χ0) is 13.0. The Bertz CT molecular complexity index is 523. The normalized spacial score (nSPS) is 10.8. The second-order valence-electron chi connectivity index (χ2n) is 4.08. The Morgan fingerprint density at radius 2 is 2.11 bits per heavy atom. The minimum Gasteiger partial charge on any atom is -0.311 e. The highest BCUT2D eigenvalue weighted by Gasteiger charge is 2.08. The van der Waals surface area contributed by atoms with E-state index in [4.69, 9.17) is 23.2 Å². The standard InChI is InChI=1S/C13H15Cl2N3/c1-2-5-16-8-10-7-13(18-17-10)11-6-9(14)3-4-12(11)15/h3-4,6-7,16H,2,5,8H2,1H3,(H,17,18). The fraction of sp³-hybridized carbons (Fsp3) is 0.308. The predicted octanol–water partition coefficient (Wildman–Crippen LogP) is 3.88. The maximum absolute atomic E-state index is 6.14. The van der Waals surface area contributed by atoms with Gasteiger partial charge in [-0.05, 0) is 37.2 Å². The van der Waals surface area contributed by atoms with E-state index >= 15 is 0 Å². The van der Waals surface area contributed by atoms with Gasteiger partial charge in [0.05, 0.1) is 10.7 Å². The van der Waals surface area contributed by atoms with Crippen LogP contribution in [0.4, 0.5) is 0 Å². The van der Waals surface area contributed by atoms with Crippen LogP contribution in [0.3, 0.4) is 0 Å². The van der Waals surface area contributed by atoms with Gasteiger partial charge >= 0.3 is 0 Å². The fourth-order valence-electron chi connectivity index (χ4n) is 1.68. The first-order valence-electron chi connectivity index (χ1n) is 5.91. The molecule has 1 heterocycles. The number of nitrogens with one attached hydrogen (secondary N) is 2. The summed E-state index contributed by atoms with van der Waals surface area (Å²) >= 11 is 12.1. The Morgan fingerprint density at radius 3 is 2.89 bits per heavy atom. The number of hydrogen-bond acceptors (Lipinski definition) is 2. The van der Waals surface area contributed by atoms with E-state index < -0.39 is 0 Å². The van der Waals surface area contributed by atoms with Crippen molar-refractivity contribution < 1.29 is 0 Å². The highest BCUT2D eigenvalue weighted by atomic mass is 35.5. The molecule has 0 spiro atoms. The molecule has 0 fully saturated rings. The Labute approximate surface area is 117 Å². The van der Waals surface area contributed by atoms with Crippen molar-refractivity contribution in [2.45, 2.75) is 19.9 Å². The Balaban J connectivity index is 2.16. The minimum atomic E-state index is 0.652. The van der Waals surface area contributed by atoms with Crippen LogP contribution in [0.5, 0.6) is 0 Å². The summed E-state index contributed by atoms with van der Waals surface area (Å²) in [5.41, 5.74) is 2.70. The molecule has 2 N–H and O–H groups in total. The van der Waals surface area contributed by atoms with E-state index in [1.165, 1.54) is 0 Å². The van der Waals surface area contributed by atoms with Crippen molar-refractivity contribution in [1.82, 2.24) is 15.5 Å². The highest BCUT2D eigenvalue weighted by molar-refractivity contribution is 6.35. The van der Waals surface area contributed by atoms with E-state index in [1.54, 1.807) is 12.1 Å². The van der Waals surface area contributed by atoms with Gasteiger partial charge in [-0.25, -0.2) is 0 Å². The quantitative estimate of drug-likeness (QED) is 0.818. The highest BCUT2D eigenvalue weighted by Crippen LogP contribution is 2.29. The summed E-state index contributed by atoms with van der Waals surface area (Å²) in [5.74, 6) is 0. The summed E-state index contributed by atoms with van der Waals surface area (Å²) in [6.45, 7) is 3.91. The number of aromatic nitrogens is 2. The van der Waals surface area contributed by atoms with Crippen LogP contribution < -0.4 is 5.32 Å². The molecular formula is C13H15Cl2N3. The summed E-state index contributed by atoms with van der Waals surface area (Å²) in [4.78, 5) is 0. The van der Waals surface area contributed by atoms with E-state index in [9.17, 15) is 0 Å². The molecular weight excluding hydrogens is 269 g/mol. The molecule has 1 aromatic heterocycles. The summed E-state index contributed by atoms with van der Waals surface area (Å²) in [7, 11) is 0. The zero-order valence-electron chi connectivity index (χ0n) is 10.1. The monoisotopic (exact) mass is 283 g/mol. The van der Waals surface area contributed by atoms with Gasteiger partial charge in [-0.3, -0.25) is 5.10 Å². The van der Waals surface area contributed by atoms with Gasteiger partial charge in [0, 0.05) is 22.8 Å². The molecule has 0 aliphatic rings. The first-order chi connectivity index (χ1) is 8.70. The lowest BCUT2D eigenvalue weighted by Crippen LogP contribution is -2.13. The third kappa shape index (κ3) is 3.25. The molecule has 0 radical (unpaired) electrons. The lowest BCUT2D eigenvalue weighted by molar-refractivity contribution is 0.662. The fourth-order valence-corrected chi connectivity index (χ4v) is 2.07. The second kappa shape index (κ2) is 6.23. The molecule has 0 saturated heterocycles. The molecule has 96 valence electrons.